The first-order valence-corrected chi connectivity index (χ1v) is 8.42. The molecule has 2 aliphatic rings. The number of amides is 1. The molecule has 0 saturated carbocycles. The highest BCUT2D eigenvalue weighted by molar-refractivity contribution is 6.20. The van der Waals surface area contributed by atoms with Crippen LogP contribution in [0.1, 0.15) is 11.1 Å². The van der Waals surface area contributed by atoms with E-state index in [9.17, 15) is 4.79 Å². The van der Waals surface area contributed by atoms with Crippen LogP contribution in [0.25, 0.3) is 0 Å². The molecular weight excluding hydrogens is 348 g/mol. The highest BCUT2D eigenvalue weighted by atomic mass is 16.5. The van der Waals surface area contributed by atoms with Crippen molar-refractivity contribution in [3.63, 3.8) is 0 Å². The molecule has 2 aliphatic heterocycles. The van der Waals surface area contributed by atoms with Crippen LogP contribution in [-0.2, 0) is 11.2 Å². The van der Waals surface area contributed by atoms with Gasteiger partial charge >= 0.3 is 0 Å². The summed E-state index contributed by atoms with van der Waals surface area (Å²) in [5.74, 6) is 2.05. The van der Waals surface area contributed by atoms with Crippen LogP contribution in [0.15, 0.2) is 46.4 Å². The molecular formula is C20H18N2O5. The number of hydrogen-bond donors (Lipinski definition) is 0. The summed E-state index contributed by atoms with van der Waals surface area (Å²) in [5.41, 5.74) is 1.45. The quantitative estimate of drug-likeness (QED) is 0.831. The summed E-state index contributed by atoms with van der Waals surface area (Å²) in [7, 11) is 4.69. The van der Waals surface area contributed by atoms with E-state index < -0.39 is 5.92 Å². The van der Waals surface area contributed by atoms with Crippen LogP contribution in [0.2, 0.25) is 0 Å². The van der Waals surface area contributed by atoms with E-state index in [0.717, 1.165) is 5.56 Å². The average Bonchev–Trinajstić information content (AvgIpc) is 2.71. The predicted octanol–water partition coefficient (Wildman–Crippen LogP) is 2.65. The van der Waals surface area contributed by atoms with Crippen molar-refractivity contribution in [2.24, 2.45) is 15.9 Å². The summed E-state index contributed by atoms with van der Waals surface area (Å²) in [6.07, 6.45) is 0.468. The lowest BCUT2D eigenvalue weighted by Crippen LogP contribution is -2.37. The Morgan fingerprint density at radius 2 is 1.81 bits per heavy atom. The zero-order chi connectivity index (χ0) is 19.0. The van der Waals surface area contributed by atoms with E-state index in [2.05, 4.69) is 9.98 Å². The van der Waals surface area contributed by atoms with E-state index in [0.29, 0.717) is 40.9 Å². The van der Waals surface area contributed by atoms with Crippen LogP contribution in [-0.4, -0.2) is 39.0 Å². The largest absolute Gasteiger partial charge is 0.497 e. The Morgan fingerprint density at radius 1 is 1.00 bits per heavy atom. The lowest BCUT2D eigenvalue weighted by molar-refractivity contribution is -0.120. The monoisotopic (exact) mass is 366 g/mol. The Morgan fingerprint density at radius 3 is 2.56 bits per heavy atom. The minimum absolute atomic E-state index is 0.236. The van der Waals surface area contributed by atoms with Gasteiger partial charge in [-0.1, -0.05) is 12.1 Å². The zero-order valence-electron chi connectivity index (χ0n) is 15.2. The van der Waals surface area contributed by atoms with Crippen molar-refractivity contribution in [2.45, 2.75) is 6.42 Å². The summed E-state index contributed by atoms with van der Waals surface area (Å²) in [4.78, 5) is 21.4. The molecule has 0 bridgehead atoms. The zero-order valence-corrected chi connectivity index (χ0v) is 15.2. The Bertz CT molecular complexity index is 980. The van der Waals surface area contributed by atoms with Gasteiger partial charge in [0.25, 0.3) is 5.91 Å². The number of fused-ring (bicyclic) bond motifs is 2. The Balaban J connectivity index is 1.78. The second kappa shape index (κ2) is 6.75. The summed E-state index contributed by atoms with van der Waals surface area (Å²) in [6, 6.07) is 10.8. The number of hydrogen-bond acceptors (Lipinski definition) is 6. The van der Waals surface area contributed by atoms with Gasteiger partial charge in [-0.05, 0) is 30.7 Å². The minimum atomic E-state index is -0.537. The maximum atomic E-state index is 12.7. The van der Waals surface area contributed by atoms with E-state index in [1.165, 1.54) is 0 Å². The van der Waals surface area contributed by atoms with Crippen LogP contribution < -0.4 is 18.9 Å². The highest BCUT2D eigenvalue weighted by Gasteiger charge is 2.37. The second-order valence-electron chi connectivity index (χ2n) is 6.10. The lowest BCUT2D eigenvalue weighted by atomic mass is 9.93. The molecule has 7 nitrogen and oxygen atoms in total. The molecule has 0 radical (unpaired) electrons. The van der Waals surface area contributed by atoms with E-state index >= 15 is 0 Å². The van der Waals surface area contributed by atoms with E-state index in [4.69, 9.17) is 18.9 Å². The number of carbonyl (C=O) groups excluding carboxylic acids is 1. The van der Waals surface area contributed by atoms with Gasteiger partial charge in [-0.2, -0.15) is 9.98 Å². The van der Waals surface area contributed by atoms with Crippen molar-refractivity contribution in [1.82, 2.24) is 0 Å². The normalized spacial score (nSPS) is 17.7. The standard InChI is InChI=1S/C20H18N2O5/c1-24-12-7-8-15(25-2)13(10-12)18-21-19(23)14-9-11-5-4-6-16(26-3)17(11)27-20(14)22-18/h4-8,10,14H,9H2,1-3H3. The molecule has 7 heteroatoms. The van der Waals surface area contributed by atoms with Crippen LogP contribution in [0, 0.1) is 5.92 Å². The number of rotatable bonds is 4. The topological polar surface area (TPSA) is 78.7 Å². The Hall–Kier alpha value is -3.35. The van der Waals surface area contributed by atoms with E-state index in [-0.39, 0.29) is 11.7 Å². The summed E-state index contributed by atoms with van der Waals surface area (Å²) in [5, 5.41) is 0. The van der Waals surface area contributed by atoms with Gasteiger partial charge in [0.05, 0.1) is 26.9 Å². The molecule has 1 unspecified atom stereocenters. The molecule has 2 aromatic carbocycles. The predicted molar refractivity (Wildman–Crippen MR) is 99.3 cm³/mol. The second-order valence-corrected chi connectivity index (χ2v) is 6.10. The first-order valence-electron chi connectivity index (χ1n) is 8.42. The van der Waals surface area contributed by atoms with Gasteiger partial charge in [0.2, 0.25) is 5.90 Å². The maximum Gasteiger partial charge on any atom is 0.260 e. The smallest absolute Gasteiger partial charge is 0.260 e. The third-order valence-electron chi connectivity index (χ3n) is 4.59. The van der Waals surface area contributed by atoms with Gasteiger partial charge < -0.3 is 18.9 Å². The van der Waals surface area contributed by atoms with E-state index in [1.807, 2.05) is 18.2 Å². The first kappa shape index (κ1) is 17.1. The number of nitrogens with zero attached hydrogens (tertiary/aromatic N) is 2. The fourth-order valence-electron chi connectivity index (χ4n) is 3.20. The van der Waals surface area contributed by atoms with Gasteiger partial charge in [0.15, 0.2) is 17.3 Å². The molecule has 2 heterocycles. The number of amidine groups is 1. The van der Waals surface area contributed by atoms with Gasteiger partial charge in [0.1, 0.15) is 17.4 Å². The molecule has 0 saturated heterocycles. The first-order chi connectivity index (χ1) is 13.1. The van der Waals surface area contributed by atoms with Crippen molar-refractivity contribution < 1.29 is 23.7 Å². The van der Waals surface area contributed by atoms with E-state index in [1.54, 1.807) is 39.5 Å². The summed E-state index contributed by atoms with van der Waals surface area (Å²) >= 11 is 0. The van der Waals surface area contributed by atoms with Crippen LogP contribution in [0.3, 0.4) is 0 Å². The number of methoxy groups -OCH3 is 3. The number of para-hydroxylation sites is 1. The number of benzene rings is 2. The maximum absolute atomic E-state index is 12.7. The highest BCUT2D eigenvalue weighted by Crippen LogP contribution is 2.38. The van der Waals surface area contributed by atoms with Crippen molar-refractivity contribution in [3.8, 4) is 23.0 Å². The van der Waals surface area contributed by atoms with Crippen molar-refractivity contribution in [2.75, 3.05) is 21.3 Å². The number of aliphatic imine (C=N–C) groups is 2. The SMILES string of the molecule is COc1ccc(OC)c(C2=NC(=O)C3Cc4cccc(OC)c4OC3=N2)c1. The van der Waals surface area contributed by atoms with Crippen LogP contribution >= 0.6 is 0 Å². The molecule has 0 spiro atoms. The number of carbonyl (C=O) groups is 1. The average molecular weight is 366 g/mol. The third-order valence-corrected chi connectivity index (χ3v) is 4.59. The van der Waals surface area contributed by atoms with Gasteiger partial charge in [-0.25, -0.2) is 0 Å². The van der Waals surface area contributed by atoms with Crippen molar-refractivity contribution in [1.29, 1.82) is 0 Å². The number of ether oxygens (including phenoxy) is 4. The molecule has 2 aromatic rings. The minimum Gasteiger partial charge on any atom is -0.497 e. The molecule has 0 aromatic heterocycles. The Labute approximate surface area is 156 Å². The molecule has 1 atom stereocenters. The molecule has 27 heavy (non-hydrogen) atoms. The fraction of sp³-hybridized carbons (Fsp3) is 0.250. The van der Waals surface area contributed by atoms with Gasteiger partial charge in [-0.3, -0.25) is 4.79 Å². The summed E-state index contributed by atoms with van der Waals surface area (Å²) < 4.78 is 22.0. The molecule has 4 rings (SSSR count). The van der Waals surface area contributed by atoms with Gasteiger partial charge in [0, 0.05) is 5.56 Å². The van der Waals surface area contributed by atoms with Crippen molar-refractivity contribution >= 4 is 17.6 Å². The van der Waals surface area contributed by atoms with Crippen LogP contribution in [0.5, 0.6) is 23.0 Å². The lowest BCUT2D eigenvalue weighted by Gasteiger charge is -2.28. The Kier molecular flexibility index (Phi) is 4.27. The van der Waals surface area contributed by atoms with Gasteiger partial charge in [-0.15, -0.1) is 0 Å². The molecule has 0 N–H and O–H groups in total. The molecule has 0 fully saturated rings. The van der Waals surface area contributed by atoms with Crippen molar-refractivity contribution in [3.05, 3.63) is 47.5 Å². The fourth-order valence-corrected chi connectivity index (χ4v) is 3.20. The molecule has 1 amide bonds. The van der Waals surface area contributed by atoms with Crippen LogP contribution in [0.4, 0.5) is 0 Å². The molecule has 138 valence electrons. The third kappa shape index (κ3) is 2.91. The summed E-state index contributed by atoms with van der Waals surface area (Å²) in [6.45, 7) is 0. The molecule has 0 aliphatic carbocycles.